The van der Waals surface area contributed by atoms with Gasteiger partial charge in [-0.3, -0.25) is 4.79 Å². The summed E-state index contributed by atoms with van der Waals surface area (Å²) in [7, 11) is 0. The van der Waals surface area contributed by atoms with Gasteiger partial charge in [0.05, 0.1) is 11.3 Å². The van der Waals surface area contributed by atoms with Gasteiger partial charge in [0.1, 0.15) is 0 Å². The molecule has 0 atom stereocenters. The van der Waals surface area contributed by atoms with Crippen LogP contribution in [0.5, 0.6) is 0 Å². The van der Waals surface area contributed by atoms with E-state index in [0.29, 0.717) is 6.42 Å². The number of carbonyl (C=O) groups excluding carboxylic acids is 1. The minimum absolute atomic E-state index is 0.0973. The molecule has 0 aliphatic heterocycles. The molecule has 3 heteroatoms. The Morgan fingerprint density at radius 2 is 2.50 bits per heavy atom. The third-order valence-electron chi connectivity index (χ3n) is 1.27. The van der Waals surface area contributed by atoms with E-state index < -0.39 is 0 Å². The molecule has 0 saturated carbocycles. The maximum Gasteiger partial charge on any atom is 0.184 e. The Kier molecular flexibility index (Phi) is 3.51. The van der Waals surface area contributed by atoms with Crippen molar-refractivity contribution >= 4 is 33.0 Å². The Morgan fingerprint density at radius 1 is 1.75 bits per heavy atom. The molecule has 0 fully saturated rings. The number of hydrogen-bond acceptors (Lipinski definition) is 2. The van der Waals surface area contributed by atoms with Crippen molar-refractivity contribution in [2.45, 2.75) is 13.3 Å². The van der Waals surface area contributed by atoms with Gasteiger partial charge < -0.3 is 0 Å². The molecule has 12 heavy (non-hydrogen) atoms. The standard InChI is InChI=1S/C9H7BrOS/c1-2-3-4-8(11)9-5-7(10)6-12-9/h5-6H,4H2,1H3. The van der Waals surface area contributed by atoms with Crippen molar-refractivity contribution in [1.82, 2.24) is 0 Å². The molecule has 0 bridgehead atoms. The number of Topliss-reactive ketones (excluding diaryl/α,β-unsaturated/α-hetero) is 1. The minimum Gasteiger partial charge on any atom is -0.292 e. The maximum absolute atomic E-state index is 11.3. The molecule has 0 N–H and O–H groups in total. The van der Waals surface area contributed by atoms with Crippen LogP contribution in [0.1, 0.15) is 23.0 Å². The first-order chi connectivity index (χ1) is 5.74. The molecule has 1 aromatic heterocycles. The summed E-state index contributed by atoms with van der Waals surface area (Å²) in [6, 6.07) is 1.82. The first kappa shape index (κ1) is 9.50. The minimum atomic E-state index is 0.0973. The zero-order chi connectivity index (χ0) is 8.97. The summed E-state index contributed by atoms with van der Waals surface area (Å²) in [5.74, 6) is 5.54. The summed E-state index contributed by atoms with van der Waals surface area (Å²) in [5.41, 5.74) is 0. The molecular weight excluding hydrogens is 236 g/mol. The Labute approximate surface area is 83.9 Å². The monoisotopic (exact) mass is 242 g/mol. The van der Waals surface area contributed by atoms with Crippen molar-refractivity contribution in [2.75, 3.05) is 0 Å². The lowest BCUT2D eigenvalue weighted by atomic mass is 10.2. The van der Waals surface area contributed by atoms with Crippen LogP contribution in [-0.4, -0.2) is 5.78 Å². The topological polar surface area (TPSA) is 17.1 Å². The number of thiophene rings is 1. The first-order valence-electron chi connectivity index (χ1n) is 3.41. The van der Waals surface area contributed by atoms with Gasteiger partial charge in [0.2, 0.25) is 0 Å². The highest BCUT2D eigenvalue weighted by Gasteiger charge is 2.05. The fraction of sp³-hybridized carbons (Fsp3) is 0.222. The van der Waals surface area contributed by atoms with E-state index in [0.717, 1.165) is 9.35 Å². The van der Waals surface area contributed by atoms with E-state index >= 15 is 0 Å². The largest absolute Gasteiger partial charge is 0.292 e. The highest BCUT2D eigenvalue weighted by molar-refractivity contribution is 9.10. The Balaban J connectivity index is 2.69. The van der Waals surface area contributed by atoms with E-state index in [1.54, 1.807) is 6.92 Å². The molecule has 1 heterocycles. The van der Waals surface area contributed by atoms with Gasteiger partial charge >= 0.3 is 0 Å². The highest BCUT2D eigenvalue weighted by atomic mass is 79.9. The second-order valence-electron chi connectivity index (χ2n) is 2.16. The van der Waals surface area contributed by atoms with Crippen molar-refractivity contribution < 1.29 is 4.79 Å². The molecule has 0 spiro atoms. The van der Waals surface area contributed by atoms with Gasteiger partial charge in [-0.05, 0) is 28.9 Å². The molecule has 0 unspecified atom stereocenters. The summed E-state index contributed by atoms with van der Waals surface area (Å²) in [6.45, 7) is 1.73. The van der Waals surface area contributed by atoms with Gasteiger partial charge in [-0.2, -0.15) is 0 Å². The lowest BCUT2D eigenvalue weighted by molar-refractivity contribution is 0.100. The molecule has 62 valence electrons. The molecule has 1 rings (SSSR count). The van der Waals surface area contributed by atoms with Crippen molar-refractivity contribution in [1.29, 1.82) is 0 Å². The zero-order valence-corrected chi connectivity index (χ0v) is 8.96. The van der Waals surface area contributed by atoms with E-state index in [-0.39, 0.29) is 5.78 Å². The fourth-order valence-electron chi connectivity index (χ4n) is 0.715. The van der Waals surface area contributed by atoms with Crippen LogP contribution in [0, 0.1) is 11.8 Å². The summed E-state index contributed by atoms with van der Waals surface area (Å²) in [5, 5.41) is 1.90. The van der Waals surface area contributed by atoms with E-state index in [2.05, 4.69) is 27.8 Å². The predicted octanol–water partition coefficient (Wildman–Crippen LogP) is 3.11. The highest BCUT2D eigenvalue weighted by Crippen LogP contribution is 2.20. The number of hydrogen-bond donors (Lipinski definition) is 0. The molecule has 0 radical (unpaired) electrons. The second-order valence-corrected chi connectivity index (χ2v) is 3.98. The van der Waals surface area contributed by atoms with Gasteiger partial charge in [-0.1, -0.05) is 5.92 Å². The van der Waals surface area contributed by atoms with Gasteiger partial charge in [0, 0.05) is 9.85 Å². The second kappa shape index (κ2) is 4.44. The summed E-state index contributed by atoms with van der Waals surface area (Å²) in [4.78, 5) is 12.1. The molecule has 0 saturated heterocycles. The van der Waals surface area contributed by atoms with Crippen LogP contribution in [-0.2, 0) is 0 Å². The Morgan fingerprint density at radius 3 is 3.00 bits per heavy atom. The van der Waals surface area contributed by atoms with Crippen molar-refractivity contribution in [3.05, 3.63) is 20.8 Å². The van der Waals surface area contributed by atoms with Crippen LogP contribution in [0.3, 0.4) is 0 Å². The zero-order valence-electron chi connectivity index (χ0n) is 6.56. The Hall–Kier alpha value is -0.590. The predicted molar refractivity (Wildman–Crippen MR) is 54.4 cm³/mol. The number of halogens is 1. The summed E-state index contributed by atoms with van der Waals surface area (Å²) < 4.78 is 0.959. The number of carbonyl (C=O) groups is 1. The normalized spacial score (nSPS) is 8.83. The van der Waals surface area contributed by atoms with E-state index in [1.165, 1.54) is 11.3 Å². The van der Waals surface area contributed by atoms with Gasteiger partial charge in [-0.15, -0.1) is 17.3 Å². The third-order valence-corrected chi connectivity index (χ3v) is 3.00. The average Bonchev–Trinajstić information content (AvgIpc) is 2.47. The maximum atomic E-state index is 11.3. The SMILES string of the molecule is CC#CCC(=O)c1cc(Br)cs1. The molecule has 0 aromatic carbocycles. The third kappa shape index (κ3) is 2.47. The molecule has 1 aromatic rings. The lowest BCUT2D eigenvalue weighted by Gasteiger charge is -1.87. The van der Waals surface area contributed by atoms with Gasteiger partial charge in [0.25, 0.3) is 0 Å². The smallest absolute Gasteiger partial charge is 0.184 e. The fourth-order valence-corrected chi connectivity index (χ4v) is 2.08. The van der Waals surface area contributed by atoms with Gasteiger partial charge in [0.15, 0.2) is 5.78 Å². The van der Waals surface area contributed by atoms with Crippen molar-refractivity contribution in [3.63, 3.8) is 0 Å². The lowest BCUT2D eigenvalue weighted by Crippen LogP contribution is -1.92. The number of rotatable bonds is 2. The van der Waals surface area contributed by atoms with Gasteiger partial charge in [-0.25, -0.2) is 0 Å². The molecule has 0 aliphatic rings. The van der Waals surface area contributed by atoms with Crippen molar-refractivity contribution in [2.24, 2.45) is 0 Å². The molecule has 0 aliphatic carbocycles. The van der Waals surface area contributed by atoms with Crippen LogP contribution < -0.4 is 0 Å². The van der Waals surface area contributed by atoms with E-state index in [1.807, 2.05) is 11.4 Å². The van der Waals surface area contributed by atoms with Crippen molar-refractivity contribution in [3.8, 4) is 11.8 Å². The molecular formula is C9H7BrOS. The van der Waals surface area contributed by atoms with Crippen LogP contribution in [0.2, 0.25) is 0 Å². The summed E-state index contributed by atoms with van der Waals surface area (Å²) in [6.07, 6.45) is 0.323. The quantitative estimate of drug-likeness (QED) is 0.576. The molecule has 0 amide bonds. The van der Waals surface area contributed by atoms with Crippen LogP contribution in [0.25, 0.3) is 0 Å². The Bertz CT molecular complexity index is 343. The summed E-state index contributed by atoms with van der Waals surface area (Å²) >= 11 is 4.73. The average molecular weight is 243 g/mol. The van der Waals surface area contributed by atoms with E-state index in [4.69, 9.17) is 0 Å². The molecule has 1 nitrogen and oxygen atoms in total. The number of ketones is 1. The van der Waals surface area contributed by atoms with E-state index in [9.17, 15) is 4.79 Å². The first-order valence-corrected chi connectivity index (χ1v) is 5.08. The van der Waals surface area contributed by atoms with Crippen LogP contribution in [0.4, 0.5) is 0 Å². The van der Waals surface area contributed by atoms with Crippen LogP contribution in [0.15, 0.2) is 15.9 Å². The van der Waals surface area contributed by atoms with Crippen LogP contribution >= 0.6 is 27.3 Å².